The summed E-state index contributed by atoms with van der Waals surface area (Å²) < 4.78 is 28.1. The molecule has 2 aromatic carbocycles. The zero-order chi connectivity index (χ0) is 21.5. The number of fused-ring (bicyclic) bond motifs is 1. The number of carbonyl (C=O) groups is 1. The van der Waals surface area contributed by atoms with Crippen molar-refractivity contribution in [2.24, 2.45) is 0 Å². The summed E-state index contributed by atoms with van der Waals surface area (Å²) in [5, 5.41) is 0. The third kappa shape index (κ3) is 3.67. The Bertz CT molecular complexity index is 1060. The Labute approximate surface area is 179 Å². The van der Waals surface area contributed by atoms with Gasteiger partial charge in [0.1, 0.15) is 0 Å². The number of aryl methyl sites for hydroxylation is 2. The Morgan fingerprint density at radius 1 is 1.10 bits per heavy atom. The zero-order valence-electron chi connectivity index (χ0n) is 18.0. The SMILES string of the molecule is Cc1ccc(S(=O)(=O)N2CCCCC2C)cc1C(=O)N(C)C1CCc2ccccc21. The second-order valence-corrected chi connectivity index (χ2v) is 10.5. The maximum absolute atomic E-state index is 13.4. The number of hydrogen-bond acceptors (Lipinski definition) is 3. The summed E-state index contributed by atoms with van der Waals surface area (Å²) in [5.74, 6) is -0.127. The summed E-state index contributed by atoms with van der Waals surface area (Å²) in [6, 6.07) is 13.2. The monoisotopic (exact) mass is 426 g/mol. The van der Waals surface area contributed by atoms with Crippen molar-refractivity contribution in [1.82, 2.24) is 9.21 Å². The summed E-state index contributed by atoms with van der Waals surface area (Å²) in [7, 11) is -1.79. The lowest BCUT2D eigenvalue weighted by molar-refractivity contribution is 0.0729. The van der Waals surface area contributed by atoms with Crippen LogP contribution in [0, 0.1) is 6.92 Å². The summed E-state index contributed by atoms with van der Waals surface area (Å²) in [5.41, 5.74) is 3.74. The standard InChI is InChI=1S/C24H30N2O3S/c1-17-11-13-20(30(28,29)26-15-7-6-8-18(26)2)16-22(17)24(27)25(3)23-14-12-19-9-4-5-10-21(19)23/h4-5,9-11,13,16,18,23H,6-8,12,14-15H2,1-3H3. The van der Waals surface area contributed by atoms with Gasteiger partial charge >= 0.3 is 0 Å². The molecule has 4 rings (SSSR count). The summed E-state index contributed by atoms with van der Waals surface area (Å²) in [6.07, 6.45) is 4.66. The van der Waals surface area contributed by atoms with E-state index in [1.54, 1.807) is 27.4 Å². The number of rotatable bonds is 4. The first kappa shape index (κ1) is 21.1. The van der Waals surface area contributed by atoms with E-state index in [0.29, 0.717) is 12.1 Å². The van der Waals surface area contributed by atoms with Crippen molar-refractivity contribution in [3.8, 4) is 0 Å². The van der Waals surface area contributed by atoms with E-state index in [9.17, 15) is 13.2 Å². The summed E-state index contributed by atoms with van der Waals surface area (Å²) in [6.45, 7) is 4.37. The zero-order valence-corrected chi connectivity index (χ0v) is 18.8. The minimum atomic E-state index is -3.61. The van der Waals surface area contributed by atoms with Gasteiger partial charge in [-0.2, -0.15) is 4.31 Å². The molecule has 1 fully saturated rings. The lowest BCUT2D eigenvalue weighted by atomic mass is 10.0. The molecule has 2 atom stereocenters. The van der Waals surface area contributed by atoms with Crippen molar-refractivity contribution in [2.45, 2.75) is 62.9 Å². The Balaban J connectivity index is 1.64. The van der Waals surface area contributed by atoms with Crippen molar-refractivity contribution < 1.29 is 13.2 Å². The third-order valence-electron chi connectivity index (χ3n) is 6.68. The molecule has 1 heterocycles. The van der Waals surface area contributed by atoms with Crippen LogP contribution in [0.2, 0.25) is 0 Å². The highest BCUT2D eigenvalue weighted by Gasteiger charge is 2.33. The van der Waals surface area contributed by atoms with Gasteiger partial charge in [-0.3, -0.25) is 4.79 Å². The van der Waals surface area contributed by atoms with Gasteiger partial charge in [0.05, 0.1) is 10.9 Å². The lowest BCUT2D eigenvalue weighted by Gasteiger charge is -2.32. The maximum Gasteiger partial charge on any atom is 0.254 e. The molecule has 1 saturated heterocycles. The number of benzene rings is 2. The fraction of sp³-hybridized carbons (Fsp3) is 0.458. The van der Waals surface area contributed by atoms with Crippen molar-refractivity contribution in [3.63, 3.8) is 0 Å². The van der Waals surface area contributed by atoms with Gasteiger partial charge in [0, 0.05) is 25.2 Å². The van der Waals surface area contributed by atoms with Crippen LogP contribution in [0.15, 0.2) is 47.4 Å². The minimum Gasteiger partial charge on any atom is -0.335 e. The molecule has 0 N–H and O–H groups in total. The number of piperidine rings is 1. The lowest BCUT2D eigenvalue weighted by Crippen LogP contribution is -2.42. The predicted octanol–water partition coefficient (Wildman–Crippen LogP) is 4.32. The molecular weight excluding hydrogens is 396 g/mol. The molecule has 6 heteroatoms. The van der Waals surface area contributed by atoms with Gasteiger partial charge < -0.3 is 4.90 Å². The predicted molar refractivity (Wildman–Crippen MR) is 118 cm³/mol. The van der Waals surface area contributed by atoms with E-state index in [4.69, 9.17) is 0 Å². The first-order valence-corrected chi connectivity index (χ1v) is 12.2. The highest BCUT2D eigenvalue weighted by Crippen LogP contribution is 2.36. The number of nitrogens with zero attached hydrogens (tertiary/aromatic N) is 2. The van der Waals surface area contributed by atoms with Crippen LogP contribution < -0.4 is 0 Å². The minimum absolute atomic E-state index is 0.0122. The molecule has 160 valence electrons. The molecule has 2 unspecified atom stereocenters. The maximum atomic E-state index is 13.4. The van der Waals surface area contributed by atoms with Gasteiger partial charge in [0.15, 0.2) is 0 Å². The van der Waals surface area contributed by atoms with E-state index in [2.05, 4.69) is 12.1 Å². The van der Waals surface area contributed by atoms with Gasteiger partial charge in [0.25, 0.3) is 5.91 Å². The fourth-order valence-electron chi connectivity index (χ4n) is 4.82. The van der Waals surface area contributed by atoms with Gasteiger partial charge in [0.2, 0.25) is 10.0 Å². The average molecular weight is 427 g/mol. The van der Waals surface area contributed by atoms with E-state index in [-0.39, 0.29) is 22.9 Å². The van der Waals surface area contributed by atoms with Crippen molar-refractivity contribution in [2.75, 3.05) is 13.6 Å². The molecule has 2 aliphatic rings. The smallest absolute Gasteiger partial charge is 0.254 e. The molecule has 0 aromatic heterocycles. The molecule has 5 nitrogen and oxygen atoms in total. The number of amides is 1. The van der Waals surface area contributed by atoms with Crippen LogP contribution >= 0.6 is 0 Å². The second-order valence-electron chi connectivity index (χ2n) is 8.61. The van der Waals surface area contributed by atoms with E-state index in [1.807, 2.05) is 33.0 Å². The van der Waals surface area contributed by atoms with Crippen LogP contribution in [-0.2, 0) is 16.4 Å². The first-order valence-electron chi connectivity index (χ1n) is 10.8. The second kappa shape index (κ2) is 8.16. The van der Waals surface area contributed by atoms with E-state index in [0.717, 1.165) is 37.7 Å². The largest absolute Gasteiger partial charge is 0.335 e. The quantitative estimate of drug-likeness (QED) is 0.732. The molecule has 0 radical (unpaired) electrons. The van der Waals surface area contributed by atoms with Crippen LogP contribution in [0.1, 0.15) is 65.7 Å². The molecular formula is C24H30N2O3S. The van der Waals surface area contributed by atoms with Crippen molar-refractivity contribution >= 4 is 15.9 Å². The Kier molecular flexibility index (Phi) is 5.73. The molecule has 1 aliphatic carbocycles. The van der Waals surface area contributed by atoms with Gasteiger partial charge in [-0.1, -0.05) is 36.8 Å². The number of sulfonamides is 1. The fourth-order valence-corrected chi connectivity index (χ4v) is 6.55. The Morgan fingerprint density at radius 3 is 2.63 bits per heavy atom. The molecule has 0 saturated carbocycles. The van der Waals surface area contributed by atoms with Gasteiger partial charge in [-0.25, -0.2) is 8.42 Å². The van der Waals surface area contributed by atoms with Crippen molar-refractivity contribution in [1.29, 1.82) is 0 Å². The van der Waals surface area contributed by atoms with Crippen LogP contribution in [0.4, 0.5) is 0 Å². The molecule has 0 bridgehead atoms. The summed E-state index contributed by atoms with van der Waals surface area (Å²) in [4.78, 5) is 15.4. The number of carbonyl (C=O) groups excluding carboxylic acids is 1. The Hall–Kier alpha value is -2.18. The van der Waals surface area contributed by atoms with E-state index in [1.165, 1.54) is 11.1 Å². The summed E-state index contributed by atoms with van der Waals surface area (Å²) >= 11 is 0. The van der Waals surface area contributed by atoms with Crippen molar-refractivity contribution in [3.05, 3.63) is 64.7 Å². The molecule has 1 amide bonds. The van der Waals surface area contributed by atoms with Gasteiger partial charge in [-0.15, -0.1) is 0 Å². The highest BCUT2D eigenvalue weighted by atomic mass is 32.2. The highest BCUT2D eigenvalue weighted by molar-refractivity contribution is 7.89. The average Bonchev–Trinajstić information content (AvgIpc) is 3.17. The van der Waals surface area contributed by atoms with Crippen LogP contribution in [0.5, 0.6) is 0 Å². The number of hydrogen-bond donors (Lipinski definition) is 0. The van der Waals surface area contributed by atoms with Crippen LogP contribution in [-0.4, -0.2) is 43.2 Å². The third-order valence-corrected chi connectivity index (χ3v) is 8.69. The van der Waals surface area contributed by atoms with Crippen LogP contribution in [0.25, 0.3) is 0 Å². The normalized spacial score (nSPS) is 22.0. The molecule has 2 aromatic rings. The Morgan fingerprint density at radius 2 is 1.87 bits per heavy atom. The molecule has 30 heavy (non-hydrogen) atoms. The van der Waals surface area contributed by atoms with Crippen LogP contribution in [0.3, 0.4) is 0 Å². The van der Waals surface area contributed by atoms with Gasteiger partial charge in [-0.05, 0) is 68.4 Å². The first-order chi connectivity index (χ1) is 14.3. The van der Waals surface area contributed by atoms with E-state index < -0.39 is 10.0 Å². The molecule has 1 aliphatic heterocycles. The van der Waals surface area contributed by atoms with E-state index >= 15 is 0 Å². The topological polar surface area (TPSA) is 57.7 Å². The molecule has 0 spiro atoms.